The Morgan fingerprint density at radius 3 is 2.69 bits per heavy atom. The lowest BCUT2D eigenvalue weighted by molar-refractivity contribution is -0.118. The van der Waals surface area contributed by atoms with E-state index in [4.69, 9.17) is 4.74 Å². The van der Waals surface area contributed by atoms with Gasteiger partial charge in [-0.3, -0.25) is 4.79 Å². The Kier molecular flexibility index (Phi) is 9.67. The SMILES string of the molecule is CC(=O)NCCCCCC([C@@H]1CN[C@H](Cc2ccccc2C(=O)O)CO1)[P+](=O)O. The second-order valence-corrected chi connectivity index (χ2v) is 8.61. The Morgan fingerprint density at radius 1 is 1.31 bits per heavy atom. The van der Waals surface area contributed by atoms with Gasteiger partial charge >= 0.3 is 14.0 Å². The van der Waals surface area contributed by atoms with E-state index in [0.717, 1.165) is 24.8 Å². The van der Waals surface area contributed by atoms with Gasteiger partial charge in [0.15, 0.2) is 0 Å². The molecule has 4 atom stereocenters. The summed E-state index contributed by atoms with van der Waals surface area (Å²) in [6.07, 6.45) is 3.27. The summed E-state index contributed by atoms with van der Waals surface area (Å²) in [5.41, 5.74) is 0.584. The highest BCUT2D eigenvalue weighted by Gasteiger charge is 2.40. The molecule has 1 amide bonds. The number of carbonyl (C=O) groups is 2. The van der Waals surface area contributed by atoms with Crippen molar-refractivity contribution in [1.82, 2.24) is 10.6 Å². The summed E-state index contributed by atoms with van der Waals surface area (Å²) in [6.45, 7) is 2.92. The van der Waals surface area contributed by atoms with Gasteiger partial charge in [0.1, 0.15) is 6.10 Å². The number of unbranched alkanes of at least 4 members (excludes halogenated alkanes) is 2. The Morgan fingerprint density at radius 2 is 2.07 bits per heavy atom. The zero-order valence-corrected chi connectivity index (χ0v) is 17.6. The molecule has 29 heavy (non-hydrogen) atoms. The van der Waals surface area contributed by atoms with Crippen molar-refractivity contribution < 1.29 is 28.9 Å². The molecule has 1 saturated heterocycles. The fourth-order valence-electron chi connectivity index (χ4n) is 3.55. The highest BCUT2D eigenvalue weighted by Crippen LogP contribution is 2.32. The number of benzene rings is 1. The molecule has 0 saturated carbocycles. The molecule has 1 aromatic rings. The summed E-state index contributed by atoms with van der Waals surface area (Å²) >= 11 is 0. The lowest BCUT2D eigenvalue weighted by Crippen LogP contribution is -2.50. The number of aromatic carboxylic acids is 1. The molecule has 2 unspecified atom stereocenters. The average molecular weight is 425 g/mol. The Hall–Kier alpha value is -1.86. The van der Waals surface area contributed by atoms with Crippen LogP contribution in [-0.2, 0) is 20.5 Å². The van der Waals surface area contributed by atoms with E-state index in [1.54, 1.807) is 18.2 Å². The summed E-state index contributed by atoms with van der Waals surface area (Å²) < 4.78 is 17.7. The maximum Gasteiger partial charge on any atom is 0.511 e. The lowest BCUT2D eigenvalue weighted by atomic mass is 9.99. The summed E-state index contributed by atoms with van der Waals surface area (Å²) in [6, 6.07) is 6.86. The predicted octanol–water partition coefficient (Wildman–Crippen LogP) is 2.08. The van der Waals surface area contributed by atoms with Crippen LogP contribution in [0.3, 0.4) is 0 Å². The molecule has 1 fully saturated rings. The number of nitrogens with one attached hydrogen (secondary N) is 2. The Balaban J connectivity index is 1.79. The van der Waals surface area contributed by atoms with Crippen molar-refractivity contribution in [2.45, 2.75) is 56.8 Å². The van der Waals surface area contributed by atoms with Crippen LogP contribution in [0.15, 0.2) is 24.3 Å². The van der Waals surface area contributed by atoms with E-state index in [1.807, 2.05) is 6.07 Å². The van der Waals surface area contributed by atoms with Crippen molar-refractivity contribution in [2.24, 2.45) is 0 Å². The van der Waals surface area contributed by atoms with Gasteiger partial charge in [0.25, 0.3) is 0 Å². The van der Waals surface area contributed by atoms with Gasteiger partial charge in [0.05, 0.1) is 12.2 Å². The fraction of sp³-hybridized carbons (Fsp3) is 0.600. The maximum absolute atomic E-state index is 11.8. The fourth-order valence-corrected chi connectivity index (χ4v) is 4.43. The first-order chi connectivity index (χ1) is 13.9. The number of hydrogen-bond acceptors (Lipinski definition) is 5. The van der Waals surface area contributed by atoms with E-state index in [0.29, 0.717) is 32.5 Å². The molecule has 4 N–H and O–H groups in total. The molecule has 1 aromatic carbocycles. The minimum absolute atomic E-state index is 0.0402. The summed E-state index contributed by atoms with van der Waals surface area (Å²) in [5, 5.41) is 15.4. The van der Waals surface area contributed by atoms with Crippen LogP contribution in [0.25, 0.3) is 0 Å². The van der Waals surface area contributed by atoms with Crippen LogP contribution in [0, 0.1) is 0 Å². The maximum atomic E-state index is 11.8. The molecule has 0 spiro atoms. The van der Waals surface area contributed by atoms with Crippen molar-refractivity contribution in [2.75, 3.05) is 19.7 Å². The van der Waals surface area contributed by atoms with E-state index in [-0.39, 0.29) is 23.6 Å². The smallest absolute Gasteiger partial charge is 0.478 e. The highest BCUT2D eigenvalue weighted by molar-refractivity contribution is 7.39. The van der Waals surface area contributed by atoms with Gasteiger partial charge < -0.3 is 20.5 Å². The van der Waals surface area contributed by atoms with Crippen molar-refractivity contribution in [3.8, 4) is 0 Å². The number of amides is 1. The Bertz CT molecular complexity index is 706. The first-order valence-corrected chi connectivity index (χ1v) is 11.2. The van der Waals surface area contributed by atoms with Gasteiger partial charge in [-0.25, -0.2) is 4.79 Å². The largest absolute Gasteiger partial charge is 0.511 e. The summed E-state index contributed by atoms with van der Waals surface area (Å²) in [5.74, 6) is -1.01. The number of carbonyl (C=O) groups excluding carboxylic acids is 1. The molecule has 9 heteroatoms. The normalized spacial score (nSPS) is 20.7. The van der Waals surface area contributed by atoms with Gasteiger partial charge in [-0.1, -0.05) is 24.6 Å². The topological polar surface area (TPSA) is 125 Å². The second kappa shape index (κ2) is 12.0. The zero-order valence-electron chi connectivity index (χ0n) is 16.7. The molecule has 0 aliphatic carbocycles. The van der Waals surface area contributed by atoms with Crippen LogP contribution < -0.4 is 10.6 Å². The molecule has 2 rings (SSSR count). The Labute approximate surface area is 171 Å². The van der Waals surface area contributed by atoms with Crippen LogP contribution in [0.5, 0.6) is 0 Å². The number of hydrogen-bond donors (Lipinski definition) is 4. The molecule has 160 valence electrons. The van der Waals surface area contributed by atoms with Gasteiger partial charge in [-0.05, 0) is 41.9 Å². The van der Waals surface area contributed by atoms with Crippen LogP contribution in [0.1, 0.15) is 48.5 Å². The molecular formula is C20H30N2O6P+. The van der Waals surface area contributed by atoms with Crippen LogP contribution in [-0.4, -0.2) is 59.4 Å². The third-order valence-electron chi connectivity index (χ3n) is 5.10. The predicted molar refractivity (Wildman–Crippen MR) is 109 cm³/mol. The van der Waals surface area contributed by atoms with Gasteiger partial charge in [-0.2, -0.15) is 4.89 Å². The number of morpholine rings is 1. The highest BCUT2D eigenvalue weighted by atomic mass is 31.1. The molecule has 1 aliphatic rings. The first-order valence-electron chi connectivity index (χ1n) is 9.94. The molecular weight excluding hydrogens is 395 g/mol. The lowest BCUT2D eigenvalue weighted by Gasteiger charge is -2.31. The summed E-state index contributed by atoms with van der Waals surface area (Å²) in [7, 11) is -2.36. The van der Waals surface area contributed by atoms with Crippen molar-refractivity contribution in [3.05, 3.63) is 35.4 Å². The number of carboxylic acid groups (broad SMARTS) is 1. The molecule has 8 nitrogen and oxygen atoms in total. The second-order valence-electron chi connectivity index (χ2n) is 7.35. The van der Waals surface area contributed by atoms with Crippen molar-refractivity contribution in [3.63, 3.8) is 0 Å². The third kappa shape index (κ3) is 7.82. The third-order valence-corrected chi connectivity index (χ3v) is 6.25. The van der Waals surface area contributed by atoms with E-state index in [9.17, 15) is 24.2 Å². The first kappa shape index (κ1) is 23.4. The van der Waals surface area contributed by atoms with Crippen LogP contribution >= 0.6 is 8.03 Å². The molecule has 1 aliphatic heterocycles. The quantitative estimate of drug-likeness (QED) is 0.316. The average Bonchev–Trinajstić information content (AvgIpc) is 2.68. The van der Waals surface area contributed by atoms with Gasteiger partial charge in [0.2, 0.25) is 11.6 Å². The van der Waals surface area contributed by atoms with E-state index < -0.39 is 19.7 Å². The van der Waals surface area contributed by atoms with Crippen LogP contribution in [0.2, 0.25) is 0 Å². The summed E-state index contributed by atoms with van der Waals surface area (Å²) in [4.78, 5) is 31.9. The standard InChI is InChI=1S/C20H29N2O6P/c1-14(23)21-10-6-2-3-9-19(29(26)27)18-12-22-16(13-28-18)11-15-7-4-5-8-17(15)20(24)25/h4-5,7-8,16,18-19,22H,2-3,6,9-13H2,1H3,(H2-,21,23,24,25,26,27)/p+1/t16-,18+,19?/m1/s1. The van der Waals surface area contributed by atoms with Crippen LogP contribution in [0.4, 0.5) is 0 Å². The number of carboxylic acids is 1. The minimum Gasteiger partial charge on any atom is -0.478 e. The zero-order chi connectivity index (χ0) is 21.2. The monoisotopic (exact) mass is 425 g/mol. The number of rotatable bonds is 11. The molecule has 0 radical (unpaired) electrons. The number of ether oxygens (including phenoxy) is 1. The molecule has 0 aromatic heterocycles. The van der Waals surface area contributed by atoms with E-state index in [2.05, 4.69) is 10.6 Å². The molecule has 1 heterocycles. The van der Waals surface area contributed by atoms with E-state index >= 15 is 0 Å². The van der Waals surface area contributed by atoms with Crippen molar-refractivity contribution >= 4 is 19.9 Å². The molecule has 0 bridgehead atoms. The van der Waals surface area contributed by atoms with Crippen molar-refractivity contribution in [1.29, 1.82) is 0 Å². The van der Waals surface area contributed by atoms with E-state index in [1.165, 1.54) is 6.92 Å². The van der Waals surface area contributed by atoms with Gasteiger partial charge in [0, 0.05) is 26.1 Å². The minimum atomic E-state index is -2.36. The van der Waals surface area contributed by atoms with Gasteiger partial charge in [-0.15, -0.1) is 0 Å².